The van der Waals surface area contributed by atoms with Crippen molar-refractivity contribution in [1.29, 1.82) is 0 Å². The number of hydrogen-bond donors (Lipinski definition) is 1. The van der Waals surface area contributed by atoms with Gasteiger partial charge in [0.15, 0.2) is 5.82 Å². The van der Waals surface area contributed by atoms with Gasteiger partial charge in [-0.25, -0.2) is 9.07 Å². The molecule has 0 spiro atoms. The van der Waals surface area contributed by atoms with Crippen LogP contribution in [-0.4, -0.2) is 44.3 Å². The quantitative estimate of drug-likeness (QED) is 0.254. The Labute approximate surface area is 231 Å². The van der Waals surface area contributed by atoms with E-state index in [1.165, 1.54) is 12.1 Å². The number of halogens is 1. The van der Waals surface area contributed by atoms with Crippen LogP contribution in [0, 0.1) is 5.82 Å². The van der Waals surface area contributed by atoms with Crippen LogP contribution in [0.25, 0.3) is 10.9 Å². The molecule has 0 aliphatic heterocycles. The second-order valence-electron chi connectivity index (χ2n) is 9.54. The zero-order chi connectivity index (χ0) is 28.1. The summed E-state index contributed by atoms with van der Waals surface area (Å²) in [5.74, 6) is 1.82. The first-order valence-electron chi connectivity index (χ1n) is 13.1. The minimum atomic E-state index is -0.298. The van der Waals surface area contributed by atoms with E-state index in [1.54, 1.807) is 31.0 Å². The lowest BCUT2D eigenvalue weighted by molar-refractivity contribution is 0.159. The van der Waals surface area contributed by atoms with Crippen molar-refractivity contribution in [2.24, 2.45) is 0 Å². The number of benzene rings is 3. The van der Waals surface area contributed by atoms with Gasteiger partial charge < -0.3 is 14.5 Å². The molecule has 5 aromatic rings. The van der Waals surface area contributed by atoms with Crippen LogP contribution in [-0.2, 0) is 19.6 Å². The molecule has 5 rings (SSSR count). The molecular weight excluding hydrogens is 511 g/mol. The van der Waals surface area contributed by atoms with Gasteiger partial charge in [0, 0.05) is 35.1 Å². The van der Waals surface area contributed by atoms with E-state index < -0.39 is 0 Å². The van der Waals surface area contributed by atoms with Crippen LogP contribution < -0.4 is 15.0 Å². The largest absolute Gasteiger partial charge is 0.497 e. The van der Waals surface area contributed by atoms with Crippen molar-refractivity contribution < 1.29 is 13.9 Å². The summed E-state index contributed by atoms with van der Waals surface area (Å²) in [5, 5.41) is 13.5. The monoisotopic (exact) mass is 542 g/mol. The van der Waals surface area contributed by atoms with Gasteiger partial charge in [-0.3, -0.25) is 9.69 Å². The number of aromatic amines is 1. The van der Waals surface area contributed by atoms with Gasteiger partial charge in [0.2, 0.25) is 0 Å². The summed E-state index contributed by atoms with van der Waals surface area (Å²) in [6.07, 6.45) is 0.679. The molecule has 40 heavy (non-hydrogen) atoms. The normalized spacial score (nSPS) is 12.1. The van der Waals surface area contributed by atoms with Gasteiger partial charge in [-0.1, -0.05) is 37.3 Å². The van der Waals surface area contributed by atoms with E-state index in [4.69, 9.17) is 9.47 Å². The number of rotatable bonds is 11. The summed E-state index contributed by atoms with van der Waals surface area (Å²) in [6.45, 7) is 3.27. The predicted octanol–water partition coefficient (Wildman–Crippen LogP) is 4.87. The first-order valence-corrected chi connectivity index (χ1v) is 13.1. The van der Waals surface area contributed by atoms with E-state index in [9.17, 15) is 9.18 Å². The minimum Gasteiger partial charge on any atom is -0.497 e. The number of nitrogens with zero attached hydrogens (tertiary/aromatic N) is 5. The summed E-state index contributed by atoms with van der Waals surface area (Å²) < 4.78 is 26.2. The molecule has 0 radical (unpaired) electrons. The smallest absolute Gasteiger partial charge is 0.252 e. The molecule has 206 valence electrons. The SMILES string of the molecule is CCC(c1nnnn1Cc1ccc(F)cc1)N(Cc1ccccc1OC)Cc1cc2cc(OC)ccc2[nH]c1=O. The highest BCUT2D eigenvalue weighted by Crippen LogP contribution is 2.30. The van der Waals surface area contributed by atoms with Crippen LogP contribution >= 0.6 is 0 Å². The van der Waals surface area contributed by atoms with E-state index in [0.717, 1.165) is 27.8 Å². The van der Waals surface area contributed by atoms with Crippen molar-refractivity contribution in [3.05, 3.63) is 111 Å². The third-order valence-corrected chi connectivity index (χ3v) is 7.00. The van der Waals surface area contributed by atoms with Crippen LogP contribution in [0.15, 0.2) is 77.6 Å². The first kappa shape index (κ1) is 27.0. The zero-order valence-electron chi connectivity index (χ0n) is 22.7. The summed E-state index contributed by atoms with van der Waals surface area (Å²) in [4.78, 5) is 18.4. The van der Waals surface area contributed by atoms with Crippen molar-refractivity contribution in [2.75, 3.05) is 14.2 Å². The highest BCUT2D eigenvalue weighted by molar-refractivity contribution is 5.80. The molecule has 0 amide bonds. The van der Waals surface area contributed by atoms with Gasteiger partial charge in [0.1, 0.15) is 17.3 Å². The fourth-order valence-electron chi connectivity index (χ4n) is 4.95. The van der Waals surface area contributed by atoms with E-state index in [0.29, 0.717) is 43.2 Å². The second-order valence-corrected chi connectivity index (χ2v) is 9.54. The number of hydrogen-bond acceptors (Lipinski definition) is 7. The van der Waals surface area contributed by atoms with Gasteiger partial charge in [-0.15, -0.1) is 5.10 Å². The predicted molar refractivity (Wildman–Crippen MR) is 150 cm³/mol. The second kappa shape index (κ2) is 12.1. The number of tetrazole rings is 1. The Morgan fingerprint density at radius 2 is 1.75 bits per heavy atom. The van der Waals surface area contributed by atoms with E-state index >= 15 is 0 Å². The Morgan fingerprint density at radius 1 is 0.975 bits per heavy atom. The van der Waals surface area contributed by atoms with Crippen molar-refractivity contribution in [3.63, 3.8) is 0 Å². The molecule has 0 aliphatic rings. The average molecular weight is 543 g/mol. The summed E-state index contributed by atoms with van der Waals surface area (Å²) in [6, 6.07) is 21.3. The Morgan fingerprint density at radius 3 is 2.50 bits per heavy atom. The van der Waals surface area contributed by atoms with Gasteiger partial charge in [0.05, 0.1) is 26.8 Å². The van der Waals surface area contributed by atoms with Crippen molar-refractivity contribution in [3.8, 4) is 11.5 Å². The highest BCUT2D eigenvalue weighted by atomic mass is 19.1. The molecule has 1 unspecified atom stereocenters. The number of pyridine rings is 1. The molecule has 0 saturated carbocycles. The maximum atomic E-state index is 13.5. The Bertz CT molecular complexity index is 1650. The highest BCUT2D eigenvalue weighted by Gasteiger charge is 2.27. The fourth-order valence-corrected chi connectivity index (χ4v) is 4.95. The maximum absolute atomic E-state index is 13.5. The number of ether oxygens (including phenoxy) is 2. The zero-order valence-corrected chi connectivity index (χ0v) is 22.7. The lowest BCUT2D eigenvalue weighted by atomic mass is 10.1. The van der Waals surface area contributed by atoms with Gasteiger partial charge in [-0.2, -0.15) is 0 Å². The van der Waals surface area contributed by atoms with Crippen molar-refractivity contribution in [1.82, 2.24) is 30.1 Å². The fraction of sp³-hybridized carbons (Fsp3) is 0.267. The molecule has 2 aromatic heterocycles. The van der Waals surface area contributed by atoms with Crippen molar-refractivity contribution >= 4 is 10.9 Å². The standard InChI is InChI=1S/C30H31FN6O3/c1-4-27(29-33-34-35-37(29)17-20-9-11-24(31)12-10-20)36(18-21-7-5-6-8-28(21)40-3)19-23-15-22-16-25(39-2)13-14-26(22)32-30(23)38/h5-16,27H,4,17-19H2,1-3H3,(H,32,38). The van der Waals surface area contributed by atoms with E-state index in [-0.39, 0.29) is 17.4 Å². The number of para-hydroxylation sites is 1. The Hall–Kier alpha value is -4.57. The molecule has 0 fully saturated rings. The van der Waals surface area contributed by atoms with Gasteiger partial charge >= 0.3 is 0 Å². The third-order valence-electron chi connectivity index (χ3n) is 7.00. The van der Waals surface area contributed by atoms with Crippen LogP contribution in [0.3, 0.4) is 0 Å². The van der Waals surface area contributed by atoms with Crippen LogP contribution in [0.4, 0.5) is 4.39 Å². The molecule has 0 aliphatic carbocycles. The Balaban J connectivity index is 1.54. The minimum absolute atomic E-state index is 0.163. The number of fused-ring (bicyclic) bond motifs is 1. The molecular formula is C30H31FN6O3. The van der Waals surface area contributed by atoms with Gasteiger partial charge in [-0.05, 0) is 64.9 Å². The number of aromatic nitrogens is 5. The summed E-state index contributed by atoms with van der Waals surface area (Å²) in [7, 11) is 3.26. The lowest BCUT2D eigenvalue weighted by Crippen LogP contribution is -2.32. The maximum Gasteiger partial charge on any atom is 0.252 e. The van der Waals surface area contributed by atoms with Gasteiger partial charge in [0.25, 0.3) is 5.56 Å². The van der Waals surface area contributed by atoms with E-state index in [2.05, 4.69) is 32.3 Å². The number of H-pyrrole nitrogens is 1. The molecule has 3 aromatic carbocycles. The molecule has 1 atom stereocenters. The third kappa shape index (κ3) is 5.86. The first-order chi connectivity index (χ1) is 19.5. The van der Waals surface area contributed by atoms with Crippen LogP contribution in [0.2, 0.25) is 0 Å². The molecule has 0 saturated heterocycles. The topological polar surface area (TPSA) is 98.2 Å². The molecule has 2 heterocycles. The van der Waals surface area contributed by atoms with Crippen LogP contribution in [0.1, 0.15) is 41.9 Å². The average Bonchev–Trinajstić information content (AvgIpc) is 3.42. The molecule has 1 N–H and O–H groups in total. The molecule has 10 heteroatoms. The number of nitrogens with one attached hydrogen (secondary N) is 1. The Kier molecular flexibility index (Phi) is 8.16. The summed E-state index contributed by atoms with van der Waals surface area (Å²) in [5.41, 5.74) is 3.03. The molecule has 9 nitrogen and oxygen atoms in total. The molecule has 0 bridgehead atoms. The lowest BCUT2D eigenvalue weighted by Gasteiger charge is -2.30. The van der Waals surface area contributed by atoms with E-state index in [1.807, 2.05) is 48.5 Å². The van der Waals surface area contributed by atoms with Crippen LogP contribution in [0.5, 0.6) is 11.5 Å². The number of methoxy groups -OCH3 is 2. The van der Waals surface area contributed by atoms with Crippen molar-refractivity contribution in [2.45, 2.75) is 39.0 Å². The summed E-state index contributed by atoms with van der Waals surface area (Å²) >= 11 is 0.